The Kier molecular flexibility index (Phi) is 2.46. The van der Waals surface area contributed by atoms with Crippen LogP contribution in [0.3, 0.4) is 0 Å². The van der Waals surface area contributed by atoms with E-state index in [0.717, 1.165) is 17.8 Å². The quantitative estimate of drug-likeness (QED) is 0.742. The van der Waals surface area contributed by atoms with Gasteiger partial charge in [0, 0.05) is 25.1 Å². The van der Waals surface area contributed by atoms with Crippen LogP contribution >= 0.6 is 0 Å². The molecule has 3 aromatic rings. The maximum Gasteiger partial charge on any atom is 0.0949 e. The zero-order valence-corrected chi connectivity index (χ0v) is 9.24. The molecule has 0 bridgehead atoms. The van der Waals surface area contributed by atoms with E-state index in [0.29, 0.717) is 0 Å². The molecule has 17 heavy (non-hydrogen) atoms. The molecule has 0 aliphatic rings. The summed E-state index contributed by atoms with van der Waals surface area (Å²) in [6.07, 6.45) is 7.33. The lowest BCUT2D eigenvalue weighted by Gasteiger charge is -2.03. The monoisotopic (exact) mass is 224 g/mol. The van der Waals surface area contributed by atoms with Crippen molar-refractivity contribution in [3.8, 4) is 11.3 Å². The average molecular weight is 224 g/mol. The van der Waals surface area contributed by atoms with Crippen molar-refractivity contribution in [1.82, 2.24) is 19.7 Å². The first-order valence-corrected chi connectivity index (χ1v) is 5.46. The van der Waals surface area contributed by atoms with Gasteiger partial charge in [-0.15, -0.1) is 0 Å². The van der Waals surface area contributed by atoms with Gasteiger partial charge in [-0.3, -0.25) is 5.10 Å². The second kappa shape index (κ2) is 4.25. The minimum atomic E-state index is 0.850. The molecule has 0 atom stereocenters. The number of aromatic nitrogens is 4. The third kappa shape index (κ3) is 2.10. The van der Waals surface area contributed by atoms with Crippen molar-refractivity contribution in [3.63, 3.8) is 0 Å². The summed E-state index contributed by atoms with van der Waals surface area (Å²) in [5, 5.41) is 6.90. The standard InChI is InChI=1S/C13H12N4/c1-3-12(13-5-6-15-16-13)4-2-11(1)9-17-8-7-14-10-17/h1-8,10H,9H2,(H,15,16). The fourth-order valence-electron chi connectivity index (χ4n) is 1.80. The molecular formula is C13H12N4. The lowest BCUT2D eigenvalue weighted by molar-refractivity contribution is 0.797. The highest BCUT2D eigenvalue weighted by Gasteiger charge is 1.99. The van der Waals surface area contributed by atoms with Gasteiger partial charge in [-0.2, -0.15) is 5.10 Å². The van der Waals surface area contributed by atoms with Crippen molar-refractivity contribution >= 4 is 0 Å². The highest BCUT2D eigenvalue weighted by atomic mass is 15.1. The number of hydrogen-bond donors (Lipinski definition) is 1. The summed E-state index contributed by atoms with van der Waals surface area (Å²) in [7, 11) is 0. The van der Waals surface area contributed by atoms with E-state index in [1.54, 1.807) is 12.4 Å². The van der Waals surface area contributed by atoms with Crippen LogP contribution in [0, 0.1) is 0 Å². The molecule has 2 aromatic heterocycles. The molecule has 0 aliphatic carbocycles. The van der Waals surface area contributed by atoms with Crippen LogP contribution in [0.2, 0.25) is 0 Å². The first-order chi connectivity index (χ1) is 8.42. The molecule has 4 heteroatoms. The van der Waals surface area contributed by atoms with E-state index < -0.39 is 0 Å². The third-order valence-corrected chi connectivity index (χ3v) is 2.69. The molecule has 0 spiro atoms. The van der Waals surface area contributed by atoms with Gasteiger partial charge in [0.05, 0.1) is 12.0 Å². The Bertz CT molecular complexity index is 564. The van der Waals surface area contributed by atoms with E-state index >= 15 is 0 Å². The summed E-state index contributed by atoms with van der Waals surface area (Å²) in [5.41, 5.74) is 3.45. The summed E-state index contributed by atoms with van der Waals surface area (Å²) in [4.78, 5) is 4.03. The zero-order chi connectivity index (χ0) is 11.5. The molecule has 3 rings (SSSR count). The normalized spacial score (nSPS) is 10.6. The summed E-state index contributed by atoms with van der Waals surface area (Å²) in [5.74, 6) is 0. The number of rotatable bonds is 3. The van der Waals surface area contributed by atoms with Gasteiger partial charge >= 0.3 is 0 Å². The fourth-order valence-corrected chi connectivity index (χ4v) is 1.80. The molecule has 0 saturated heterocycles. The van der Waals surface area contributed by atoms with Crippen molar-refractivity contribution < 1.29 is 0 Å². The Morgan fingerprint density at radius 1 is 1.06 bits per heavy atom. The van der Waals surface area contributed by atoms with Crippen LogP contribution in [0.4, 0.5) is 0 Å². The van der Waals surface area contributed by atoms with E-state index in [9.17, 15) is 0 Å². The summed E-state index contributed by atoms with van der Waals surface area (Å²) in [6.45, 7) is 0.850. The van der Waals surface area contributed by atoms with Crippen molar-refractivity contribution in [2.45, 2.75) is 6.54 Å². The molecule has 1 N–H and O–H groups in total. The first-order valence-electron chi connectivity index (χ1n) is 5.46. The smallest absolute Gasteiger partial charge is 0.0949 e. The van der Waals surface area contributed by atoms with Gasteiger partial charge in [0.25, 0.3) is 0 Å². The number of aromatic amines is 1. The Hall–Kier alpha value is -2.36. The Labute approximate surface area is 98.9 Å². The van der Waals surface area contributed by atoms with Crippen LogP contribution in [0.5, 0.6) is 0 Å². The van der Waals surface area contributed by atoms with Crippen LogP contribution in [0.25, 0.3) is 11.3 Å². The molecule has 0 amide bonds. The molecule has 0 aliphatic heterocycles. The van der Waals surface area contributed by atoms with Crippen molar-refractivity contribution in [3.05, 3.63) is 60.8 Å². The Morgan fingerprint density at radius 2 is 1.94 bits per heavy atom. The third-order valence-electron chi connectivity index (χ3n) is 2.69. The molecule has 0 saturated carbocycles. The molecular weight excluding hydrogens is 212 g/mol. The van der Waals surface area contributed by atoms with Gasteiger partial charge in [-0.05, 0) is 17.2 Å². The highest BCUT2D eigenvalue weighted by molar-refractivity contribution is 5.58. The van der Waals surface area contributed by atoms with E-state index in [1.807, 2.05) is 23.2 Å². The van der Waals surface area contributed by atoms with Gasteiger partial charge in [0.15, 0.2) is 0 Å². The largest absolute Gasteiger partial charge is 0.333 e. The second-order valence-corrected chi connectivity index (χ2v) is 3.90. The maximum absolute atomic E-state index is 4.03. The van der Waals surface area contributed by atoms with E-state index in [2.05, 4.69) is 39.4 Å². The van der Waals surface area contributed by atoms with E-state index in [1.165, 1.54) is 5.56 Å². The van der Waals surface area contributed by atoms with Crippen LogP contribution in [0.15, 0.2) is 55.2 Å². The lowest BCUT2D eigenvalue weighted by Crippen LogP contribution is -1.95. The molecule has 4 nitrogen and oxygen atoms in total. The molecule has 1 aromatic carbocycles. The Balaban J connectivity index is 1.81. The van der Waals surface area contributed by atoms with Gasteiger partial charge in [0.1, 0.15) is 0 Å². The molecule has 84 valence electrons. The van der Waals surface area contributed by atoms with Crippen LogP contribution < -0.4 is 0 Å². The molecule has 0 unspecified atom stereocenters. The topological polar surface area (TPSA) is 46.5 Å². The van der Waals surface area contributed by atoms with Gasteiger partial charge in [-0.1, -0.05) is 24.3 Å². The number of hydrogen-bond acceptors (Lipinski definition) is 2. The van der Waals surface area contributed by atoms with E-state index in [4.69, 9.17) is 0 Å². The lowest BCUT2D eigenvalue weighted by atomic mass is 10.1. The van der Waals surface area contributed by atoms with Crippen LogP contribution in [0.1, 0.15) is 5.56 Å². The van der Waals surface area contributed by atoms with Crippen molar-refractivity contribution in [2.75, 3.05) is 0 Å². The second-order valence-electron chi connectivity index (χ2n) is 3.90. The molecule has 0 radical (unpaired) electrons. The summed E-state index contributed by atoms with van der Waals surface area (Å²) in [6, 6.07) is 10.4. The first kappa shape index (κ1) is 9.84. The zero-order valence-electron chi connectivity index (χ0n) is 9.24. The summed E-state index contributed by atoms with van der Waals surface area (Å²) < 4.78 is 2.05. The average Bonchev–Trinajstić information content (AvgIpc) is 3.01. The number of benzene rings is 1. The number of nitrogens with zero attached hydrogens (tertiary/aromatic N) is 3. The van der Waals surface area contributed by atoms with Crippen molar-refractivity contribution in [2.24, 2.45) is 0 Å². The van der Waals surface area contributed by atoms with Crippen molar-refractivity contribution in [1.29, 1.82) is 0 Å². The number of H-pyrrole nitrogens is 1. The summed E-state index contributed by atoms with van der Waals surface area (Å²) >= 11 is 0. The predicted molar refractivity (Wildman–Crippen MR) is 65.4 cm³/mol. The number of imidazole rings is 1. The molecule has 0 fully saturated rings. The molecule has 2 heterocycles. The minimum absolute atomic E-state index is 0.850. The van der Waals surface area contributed by atoms with Crippen LogP contribution in [-0.2, 0) is 6.54 Å². The maximum atomic E-state index is 4.03. The fraction of sp³-hybridized carbons (Fsp3) is 0.0769. The minimum Gasteiger partial charge on any atom is -0.333 e. The van der Waals surface area contributed by atoms with Gasteiger partial charge in [-0.25, -0.2) is 4.98 Å². The van der Waals surface area contributed by atoms with Crippen LogP contribution in [-0.4, -0.2) is 19.7 Å². The SMILES string of the molecule is c1cn(Cc2ccc(-c3ccn[nH]3)cc2)cn1. The van der Waals surface area contributed by atoms with Gasteiger partial charge < -0.3 is 4.57 Å². The van der Waals surface area contributed by atoms with E-state index in [-0.39, 0.29) is 0 Å². The Morgan fingerprint density at radius 3 is 2.59 bits per heavy atom. The predicted octanol–water partition coefficient (Wildman–Crippen LogP) is 2.32. The number of nitrogens with one attached hydrogen (secondary N) is 1. The highest BCUT2D eigenvalue weighted by Crippen LogP contribution is 2.16. The van der Waals surface area contributed by atoms with Gasteiger partial charge in [0.2, 0.25) is 0 Å².